The molecule has 1 aliphatic rings. The zero-order chi connectivity index (χ0) is 14.5. The maximum Gasteiger partial charge on any atom is 0.124 e. The molecule has 4 nitrogen and oxygen atoms in total. The van der Waals surface area contributed by atoms with Gasteiger partial charge in [0.25, 0.3) is 0 Å². The van der Waals surface area contributed by atoms with E-state index in [9.17, 15) is 0 Å². The highest BCUT2D eigenvalue weighted by Crippen LogP contribution is 2.32. The summed E-state index contributed by atoms with van der Waals surface area (Å²) >= 11 is 0. The molecule has 1 fully saturated rings. The van der Waals surface area contributed by atoms with Gasteiger partial charge in [0.15, 0.2) is 0 Å². The lowest BCUT2D eigenvalue weighted by Crippen LogP contribution is -2.25. The van der Waals surface area contributed by atoms with Crippen molar-refractivity contribution in [3.05, 3.63) is 18.2 Å². The van der Waals surface area contributed by atoms with Gasteiger partial charge in [0, 0.05) is 43.0 Å². The lowest BCUT2D eigenvalue weighted by Gasteiger charge is -2.21. The van der Waals surface area contributed by atoms with Gasteiger partial charge < -0.3 is 20.1 Å². The van der Waals surface area contributed by atoms with Crippen LogP contribution in [0.5, 0.6) is 11.5 Å². The van der Waals surface area contributed by atoms with E-state index in [2.05, 4.69) is 24.0 Å². The van der Waals surface area contributed by atoms with Crippen LogP contribution < -0.4 is 20.1 Å². The Morgan fingerprint density at radius 1 is 1.25 bits per heavy atom. The summed E-state index contributed by atoms with van der Waals surface area (Å²) in [7, 11) is 3.37. The number of methoxy groups -OCH3 is 2. The summed E-state index contributed by atoms with van der Waals surface area (Å²) in [5.74, 6) is 2.38. The summed E-state index contributed by atoms with van der Waals surface area (Å²) in [4.78, 5) is 2.40. The molecule has 0 aliphatic carbocycles. The van der Waals surface area contributed by atoms with Gasteiger partial charge in [-0.15, -0.1) is 0 Å². The van der Waals surface area contributed by atoms with Crippen LogP contribution in [0.3, 0.4) is 0 Å². The molecule has 0 aromatic heterocycles. The number of nitrogens with two attached hydrogens (primary N) is 1. The summed E-state index contributed by atoms with van der Waals surface area (Å²) in [6.07, 6.45) is 3.39. The fourth-order valence-corrected chi connectivity index (χ4v) is 2.83. The average Bonchev–Trinajstić information content (AvgIpc) is 2.94. The highest BCUT2D eigenvalue weighted by molar-refractivity contribution is 5.56. The van der Waals surface area contributed by atoms with Crippen molar-refractivity contribution >= 4 is 5.69 Å². The molecule has 0 spiro atoms. The second-order valence-corrected chi connectivity index (χ2v) is 5.58. The van der Waals surface area contributed by atoms with E-state index in [1.807, 2.05) is 6.07 Å². The number of hydrogen-bond donors (Lipinski definition) is 1. The van der Waals surface area contributed by atoms with E-state index >= 15 is 0 Å². The molecule has 2 atom stereocenters. The SMILES string of the molecule is CCC(N)CC1CCN(c2cc(OC)cc(OC)c2)C1. The first-order valence-corrected chi connectivity index (χ1v) is 7.39. The molecule has 2 unspecified atom stereocenters. The highest BCUT2D eigenvalue weighted by atomic mass is 16.5. The monoisotopic (exact) mass is 278 g/mol. The van der Waals surface area contributed by atoms with Gasteiger partial charge in [-0.2, -0.15) is 0 Å². The fraction of sp³-hybridized carbons (Fsp3) is 0.625. The van der Waals surface area contributed by atoms with Gasteiger partial charge in [-0.25, -0.2) is 0 Å². The van der Waals surface area contributed by atoms with Gasteiger partial charge in [0.1, 0.15) is 11.5 Å². The molecule has 0 bridgehead atoms. The molecule has 20 heavy (non-hydrogen) atoms. The van der Waals surface area contributed by atoms with Crippen molar-refractivity contribution in [2.24, 2.45) is 11.7 Å². The first-order valence-electron chi connectivity index (χ1n) is 7.39. The molecule has 2 rings (SSSR count). The van der Waals surface area contributed by atoms with E-state index in [0.29, 0.717) is 12.0 Å². The second kappa shape index (κ2) is 6.84. The molecular formula is C16H26N2O2. The molecule has 0 amide bonds. The summed E-state index contributed by atoms with van der Waals surface area (Å²) in [6, 6.07) is 6.39. The van der Waals surface area contributed by atoms with Gasteiger partial charge in [-0.3, -0.25) is 0 Å². The molecular weight excluding hydrogens is 252 g/mol. The molecule has 2 N–H and O–H groups in total. The maximum absolute atomic E-state index is 6.07. The Kier molecular flexibility index (Phi) is 5.12. The van der Waals surface area contributed by atoms with Crippen molar-refractivity contribution in [1.29, 1.82) is 0 Å². The minimum absolute atomic E-state index is 0.333. The van der Waals surface area contributed by atoms with E-state index in [0.717, 1.165) is 37.4 Å². The molecule has 1 saturated heterocycles. The van der Waals surface area contributed by atoms with Crippen LogP contribution in [0.1, 0.15) is 26.2 Å². The second-order valence-electron chi connectivity index (χ2n) is 5.58. The zero-order valence-corrected chi connectivity index (χ0v) is 12.8. The number of nitrogens with zero attached hydrogens (tertiary/aromatic N) is 1. The third-order valence-electron chi connectivity index (χ3n) is 4.15. The molecule has 1 aromatic carbocycles. The fourth-order valence-electron chi connectivity index (χ4n) is 2.83. The minimum Gasteiger partial charge on any atom is -0.497 e. The van der Waals surface area contributed by atoms with Gasteiger partial charge in [-0.1, -0.05) is 6.92 Å². The molecule has 4 heteroatoms. The molecule has 1 aliphatic heterocycles. The van der Waals surface area contributed by atoms with Crippen LogP contribution in [-0.2, 0) is 0 Å². The third kappa shape index (κ3) is 3.57. The van der Waals surface area contributed by atoms with Gasteiger partial charge in [-0.05, 0) is 25.2 Å². The lowest BCUT2D eigenvalue weighted by atomic mass is 9.98. The predicted octanol–water partition coefficient (Wildman–Crippen LogP) is 2.66. The maximum atomic E-state index is 6.07. The summed E-state index contributed by atoms with van der Waals surface area (Å²) in [5, 5.41) is 0. The minimum atomic E-state index is 0.333. The van der Waals surface area contributed by atoms with Crippen molar-refractivity contribution in [3.8, 4) is 11.5 Å². The van der Waals surface area contributed by atoms with Gasteiger partial charge in [0.05, 0.1) is 14.2 Å². The largest absolute Gasteiger partial charge is 0.497 e. The number of rotatable bonds is 6. The van der Waals surface area contributed by atoms with Crippen LogP contribution in [0, 0.1) is 5.92 Å². The number of anilines is 1. The first kappa shape index (κ1) is 15.0. The number of hydrogen-bond acceptors (Lipinski definition) is 4. The Morgan fingerprint density at radius 3 is 2.45 bits per heavy atom. The summed E-state index contributed by atoms with van der Waals surface area (Å²) in [5.41, 5.74) is 7.24. The Morgan fingerprint density at radius 2 is 1.90 bits per heavy atom. The van der Waals surface area contributed by atoms with Crippen LogP contribution in [0.15, 0.2) is 18.2 Å². The van der Waals surface area contributed by atoms with Crippen molar-refractivity contribution in [2.75, 3.05) is 32.2 Å². The molecule has 0 radical (unpaired) electrons. The molecule has 1 heterocycles. The first-order chi connectivity index (χ1) is 9.66. The van der Waals surface area contributed by atoms with Crippen molar-refractivity contribution in [2.45, 2.75) is 32.2 Å². The van der Waals surface area contributed by atoms with Gasteiger partial charge in [0.2, 0.25) is 0 Å². The van der Waals surface area contributed by atoms with Crippen molar-refractivity contribution < 1.29 is 9.47 Å². The van der Waals surface area contributed by atoms with Crippen LogP contribution in [0.4, 0.5) is 5.69 Å². The van der Waals surface area contributed by atoms with Crippen LogP contribution in [0.2, 0.25) is 0 Å². The standard InChI is InChI=1S/C16H26N2O2/c1-4-13(17)7-12-5-6-18(11-12)14-8-15(19-2)10-16(9-14)20-3/h8-10,12-13H,4-7,11,17H2,1-3H3. The van der Waals surface area contributed by atoms with Crippen LogP contribution in [0.25, 0.3) is 0 Å². The zero-order valence-electron chi connectivity index (χ0n) is 12.8. The van der Waals surface area contributed by atoms with Crippen molar-refractivity contribution in [1.82, 2.24) is 0 Å². The Labute approximate surface area is 121 Å². The highest BCUT2D eigenvalue weighted by Gasteiger charge is 2.24. The smallest absolute Gasteiger partial charge is 0.124 e. The van der Waals surface area contributed by atoms with E-state index < -0.39 is 0 Å². The molecule has 1 aromatic rings. The molecule has 112 valence electrons. The lowest BCUT2D eigenvalue weighted by molar-refractivity contribution is 0.394. The summed E-state index contributed by atoms with van der Waals surface area (Å²) in [6.45, 7) is 4.31. The third-order valence-corrected chi connectivity index (χ3v) is 4.15. The summed E-state index contributed by atoms with van der Waals surface area (Å²) < 4.78 is 10.7. The van der Waals surface area contributed by atoms with Crippen LogP contribution in [-0.4, -0.2) is 33.4 Å². The van der Waals surface area contributed by atoms with Gasteiger partial charge >= 0.3 is 0 Å². The Balaban J connectivity index is 2.05. The van der Waals surface area contributed by atoms with Crippen LogP contribution >= 0.6 is 0 Å². The van der Waals surface area contributed by atoms with E-state index in [1.54, 1.807) is 14.2 Å². The van der Waals surface area contributed by atoms with E-state index in [4.69, 9.17) is 15.2 Å². The number of benzene rings is 1. The van der Waals surface area contributed by atoms with E-state index in [-0.39, 0.29) is 0 Å². The predicted molar refractivity (Wildman–Crippen MR) is 82.7 cm³/mol. The van der Waals surface area contributed by atoms with E-state index in [1.165, 1.54) is 12.1 Å². The quantitative estimate of drug-likeness (QED) is 0.869. The normalized spacial score (nSPS) is 20.0. The Bertz CT molecular complexity index is 414. The topological polar surface area (TPSA) is 47.7 Å². The Hall–Kier alpha value is -1.42. The van der Waals surface area contributed by atoms with Crippen molar-refractivity contribution in [3.63, 3.8) is 0 Å². The average molecular weight is 278 g/mol. The number of ether oxygens (including phenoxy) is 2. The molecule has 0 saturated carbocycles.